The molecule has 2 rings (SSSR count). The third-order valence-electron chi connectivity index (χ3n) is 4.05. The standard InChI is InChI=1S/C16H23NO5/c1-2-5-22-13-7-11(9-18)6-12(8-13)14-3-4-17(16(20)21)15(14)10-19/h6-8,14-15,18-19H,2-5,9-10H2,1H3,(H,20,21). The Bertz CT molecular complexity index is 519. The lowest BCUT2D eigenvalue weighted by Crippen LogP contribution is -2.38. The topological polar surface area (TPSA) is 90.2 Å². The fourth-order valence-corrected chi connectivity index (χ4v) is 3.00. The van der Waals surface area contributed by atoms with Crippen molar-refractivity contribution in [3.8, 4) is 5.75 Å². The lowest BCUT2D eigenvalue weighted by molar-refractivity contribution is 0.114. The fourth-order valence-electron chi connectivity index (χ4n) is 3.00. The van der Waals surface area contributed by atoms with E-state index in [9.17, 15) is 20.1 Å². The number of nitrogens with zero attached hydrogens (tertiary/aromatic N) is 1. The number of aliphatic hydroxyl groups is 2. The number of rotatable bonds is 6. The molecule has 1 aromatic carbocycles. The quantitative estimate of drug-likeness (QED) is 0.745. The zero-order valence-corrected chi connectivity index (χ0v) is 12.7. The van der Waals surface area contributed by atoms with E-state index in [1.165, 1.54) is 4.90 Å². The van der Waals surface area contributed by atoms with Gasteiger partial charge >= 0.3 is 6.09 Å². The molecule has 6 heteroatoms. The molecule has 0 bridgehead atoms. The van der Waals surface area contributed by atoms with Gasteiger partial charge in [0, 0.05) is 12.5 Å². The van der Waals surface area contributed by atoms with Crippen LogP contribution in [0.2, 0.25) is 0 Å². The predicted octanol–water partition coefficient (Wildman–Crippen LogP) is 1.80. The van der Waals surface area contributed by atoms with Gasteiger partial charge in [-0.15, -0.1) is 0 Å². The molecule has 2 unspecified atom stereocenters. The number of hydrogen-bond acceptors (Lipinski definition) is 4. The molecule has 0 spiro atoms. The van der Waals surface area contributed by atoms with Gasteiger partial charge in [0.25, 0.3) is 0 Å². The molecule has 3 N–H and O–H groups in total. The minimum absolute atomic E-state index is 0.0865. The van der Waals surface area contributed by atoms with Crippen LogP contribution in [0.15, 0.2) is 18.2 Å². The van der Waals surface area contributed by atoms with Gasteiger partial charge in [-0.2, -0.15) is 0 Å². The van der Waals surface area contributed by atoms with Crippen molar-refractivity contribution in [2.75, 3.05) is 19.8 Å². The molecule has 1 aromatic rings. The van der Waals surface area contributed by atoms with Gasteiger partial charge in [-0.1, -0.05) is 13.0 Å². The Balaban J connectivity index is 2.28. The maximum absolute atomic E-state index is 11.2. The third kappa shape index (κ3) is 3.51. The van der Waals surface area contributed by atoms with Crippen LogP contribution in [-0.2, 0) is 6.61 Å². The molecule has 122 valence electrons. The number of carbonyl (C=O) groups is 1. The van der Waals surface area contributed by atoms with Crippen LogP contribution in [0.5, 0.6) is 5.75 Å². The van der Waals surface area contributed by atoms with Crippen LogP contribution in [0.3, 0.4) is 0 Å². The summed E-state index contributed by atoms with van der Waals surface area (Å²) in [5, 5.41) is 28.2. The summed E-state index contributed by atoms with van der Waals surface area (Å²) in [6.07, 6.45) is 0.524. The van der Waals surface area contributed by atoms with E-state index in [0.717, 1.165) is 17.5 Å². The lowest BCUT2D eigenvalue weighted by atomic mass is 9.90. The van der Waals surface area contributed by atoms with Crippen LogP contribution in [0.4, 0.5) is 4.79 Å². The first-order chi connectivity index (χ1) is 10.6. The smallest absolute Gasteiger partial charge is 0.407 e. The summed E-state index contributed by atoms with van der Waals surface area (Å²) in [5.41, 5.74) is 1.63. The number of ether oxygens (including phenoxy) is 1. The second-order valence-corrected chi connectivity index (χ2v) is 5.54. The van der Waals surface area contributed by atoms with Crippen LogP contribution in [0.25, 0.3) is 0 Å². The summed E-state index contributed by atoms with van der Waals surface area (Å²) in [7, 11) is 0. The molecule has 0 radical (unpaired) electrons. The van der Waals surface area contributed by atoms with Crippen molar-refractivity contribution in [1.82, 2.24) is 4.90 Å². The highest BCUT2D eigenvalue weighted by atomic mass is 16.5. The van der Waals surface area contributed by atoms with Gasteiger partial charge < -0.3 is 25.0 Å². The number of likely N-dealkylation sites (tertiary alicyclic amines) is 1. The van der Waals surface area contributed by atoms with Crippen molar-refractivity contribution in [2.24, 2.45) is 0 Å². The van der Waals surface area contributed by atoms with Crippen LogP contribution < -0.4 is 4.74 Å². The van der Waals surface area contributed by atoms with Crippen LogP contribution in [-0.4, -0.2) is 52.1 Å². The van der Waals surface area contributed by atoms with Gasteiger partial charge in [0.05, 0.1) is 25.9 Å². The van der Waals surface area contributed by atoms with E-state index in [2.05, 4.69) is 0 Å². The number of benzene rings is 1. The maximum Gasteiger partial charge on any atom is 0.407 e. The molecule has 2 atom stereocenters. The summed E-state index contributed by atoms with van der Waals surface area (Å²) in [6.45, 7) is 2.69. The Morgan fingerprint density at radius 1 is 1.36 bits per heavy atom. The summed E-state index contributed by atoms with van der Waals surface area (Å²) in [6, 6.07) is 5.08. The Kier molecular flexibility index (Phi) is 5.63. The molecule has 1 heterocycles. The first kappa shape index (κ1) is 16.6. The van der Waals surface area contributed by atoms with E-state index in [1.54, 1.807) is 6.07 Å². The zero-order valence-electron chi connectivity index (χ0n) is 12.7. The lowest BCUT2D eigenvalue weighted by Gasteiger charge is -2.25. The van der Waals surface area contributed by atoms with E-state index in [0.29, 0.717) is 25.3 Å². The average molecular weight is 309 g/mol. The molecule has 0 saturated carbocycles. The molecule has 1 amide bonds. The minimum Gasteiger partial charge on any atom is -0.494 e. The van der Waals surface area contributed by atoms with Crippen molar-refractivity contribution in [3.63, 3.8) is 0 Å². The first-order valence-electron chi connectivity index (χ1n) is 7.58. The highest BCUT2D eigenvalue weighted by Crippen LogP contribution is 2.35. The minimum atomic E-state index is -1.01. The Morgan fingerprint density at radius 2 is 2.14 bits per heavy atom. The number of amides is 1. The number of carboxylic acid groups (broad SMARTS) is 1. The second-order valence-electron chi connectivity index (χ2n) is 5.54. The maximum atomic E-state index is 11.2. The Labute approximate surface area is 129 Å². The van der Waals surface area contributed by atoms with Crippen molar-refractivity contribution in [1.29, 1.82) is 0 Å². The number of aliphatic hydroxyl groups excluding tert-OH is 2. The zero-order chi connectivity index (χ0) is 16.1. The fraction of sp³-hybridized carbons (Fsp3) is 0.562. The van der Waals surface area contributed by atoms with Crippen LogP contribution in [0, 0.1) is 0 Å². The van der Waals surface area contributed by atoms with Gasteiger partial charge in [-0.25, -0.2) is 4.79 Å². The molecule has 0 aromatic heterocycles. The Morgan fingerprint density at radius 3 is 2.73 bits per heavy atom. The van der Waals surface area contributed by atoms with Crippen LogP contribution in [0.1, 0.15) is 36.8 Å². The molecule has 0 aliphatic carbocycles. The van der Waals surface area contributed by atoms with Gasteiger partial charge in [0.1, 0.15) is 5.75 Å². The van der Waals surface area contributed by atoms with Gasteiger partial charge in [0.2, 0.25) is 0 Å². The van der Waals surface area contributed by atoms with E-state index >= 15 is 0 Å². The van der Waals surface area contributed by atoms with Crippen molar-refractivity contribution in [2.45, 2.75) is 38.3 Å². The van der Waals surface area contributed by atoms with Gasteiger partial charge in [-0.3, -0.25) is 0 Å². The van der Waals surface area contributed by atoms with Gasteiger partial charge in [0.15, 0.2) is 0 Å². The summed E-state index contributed by atoms with van der Waals surface area (Å²) < 4.78 is 5.64. The molecule has 22 heavy (non-hydrogen) atoms. The van der Waals surface area contributed by atoms with E-state index in [4.69, 9.17) is 4.74 Å². The SMILES string of the molecule is CCCOc1cc(CO)cc(C2CCN(C(=O)O)C2CO)c1. The Hall–Kier alpha value is -1.79. The highest BCUT2D eigenvalue weighted by molar-refractivity contribution is 5.66. The van der Waals surface area contributed by atoms with E-state index in [1.807, 2.05) is 19.1 Å². The molecule has 1 aliphatic rings. The van der Waals surface area contributed by atoms with Crippen LogP contribution >= 0.6 is 0 Å². The molecular weight excluding hydrogens is 286 g/mol. The van der Waals surface area contributed by atoms with E-state index in [-0.39, 0.29) is 19.1 Å². The second kappa shape index (κ2) is 7.47. The summed E-state index contributed by atoms with van der Waals surface area (Å²) in [4.78, 5) is 12.5. The predicted molar refractivity (Wildman–Crippen MR) is 81.1 cm³/mol. The first-order valence-corrected chi connectivity index (χ1v) is 7.58. The summed E-state index contributed by atoms with van der Waals surface area (Å²) >= 11 is 0. The molecular formula is C16H23NO5. The van der Waals surface area contributed by atoms with Gasteiger partial charge in [-0.05, 0) is 36.1 Å². The van der Waals surface area contributed by atoms with Crippen molar-refractivity contribution in [3.05, 3.63) is 29.3 Å². The molecule has 1 saturated heterocycles. The molecule has 1 fully saturated rings. The average Bonchev–Trinajstić information content (AvgIpc) is 2.96. The molecule has 1 aliphatic heterocycles. The monoisotopic (exact) mass is 309 g/mol. The molecule has 6 nitrogen and oxygen atoms in total. The third-order valence-corrected chi connectivity index (χ3v) is 4.05. The normalized spacial score (nSPS) is 21.1. The largest absolute Gasteiger partial charge is 0.494 e. The highest BCUT2D eigenvalue weighted by Gasteiger charge is 2.37. The van der Waals surface area contributed by atoms with Crippen molar-refractivity contribution >= 4 is 6.09 Å². The van der Waals surface area contributed by atoms with E-state index < -0.39 is 12.1 Å². The number of hydrogen-bond donors (Lipinski definition) is 3. The van der Waals surface area contributed by atoms with Crippen molar-refractivity contribution < 1.29 is 24.9 Å². The summed E-state index contributed by atoms with van der Waals surface area (Å²) in [5.74, 6) is 0.588.